The molecule has 1 aliphatic carbocycles. The molecule has 0 aromatic rings. The van der Waals surface area contributed by atoms with Crippen LogP contribution in [-0.4, -0.2) is 30.1 Å². The Kier molecular flexibility index (Phi) is 4.48. The Bertz CT molecular complexity index is 241. The van der Waals surface area contributed by atoms with Gasteiger partial charge in [-0.15, -0.1) is 0 Å². The highest BCUT2D eigenvalue weighted by molar-refractivity contribution is 4.90. The summed E-state index contributed by atoms with van der Waals surface area (Å²) < 4.78 is 0. The van der Waals surface area contributed by atoms with E-state index in [9.17, 15) is 0 Å². The summed E-state index contributed by atoms with van der Waals surface area (Å²) in [6.45, 7) is 9.37. The van der Waals surface area contributed by atoms with Gasteiger partial charge in [-0.1, -0.05) is 20.8 Å². The first-order chi connectivity index (χ1) is 8.11. The lowest BCUT2D eigenvalue weighted by Crippen LogP contribution is -2.54. The maximum atomic E-state index is 5.99. The van der Waals surface area contributed by atoms with E-state index in [1.54, 1.807) is 0 Å². The molecule has 0 amide bonds. The third-order valence-corrected chi connectivity index (χ3v) is 5.11. The molecule has 5 atom stereocenters. The smallest absolute Gasteiger partial charge is 0.0224 e. The molecule has 1 saturated heterocycles. The molecule has 2 fully saturated rings. The van der Waals surface area contributed by atoms with E-state index < -0.39 is 0 Å². The first-order valence-electron chi connectivity index (χ1n) is 7.57. The number of nitrogens with zero attached hydrogens (tertiary/aromatic N) is 1. The SMILES string of the molecule is CC1CCC(N2CCC(C)CC2CN)C(C)C1. The second-order valence-corrected chi connectivity index (χ2v) is 6.72. The molecule has 0 radical (unpaired) electrons. The van der Waals surface area contributed by atoms with Gasteiger partial charge in [0.25, 0.3) is 0 Å². The van der Waals surface area contributed by atoms with Crippen LogP contribution < -0.4 is 5.73 Å². The molecule has 17 heavy (non-hydrogen) atoms. The summed E-state index contributed by atoms with van der Waals surface area (Å²) in [6.07, 6.45) is 6.91. The molecule has 0 aromatic heterocycles. The zero-order chi connectivity index (χ0) is 12.4. The Morgan fingerprint density at radius 3 is 2.35 bits per heavy atom. The maximum absolute atomic E-state index is 5.99. The summed E-state index contributed by atoms with van der Waals surface area (Å²) in [7, 11) is 0. The molecular formula is C15H30N2. The molecule has 0 spiro atoms. The topological polar surface area (TPSA) is 29.3 Å². The van der Waals surface area contributed by atoms with E-state index in [0.717, 1.165) is 30.3 Å². The highest BCUT2D eigenvalue weighted by Crippen LogP contribution is 2.35. The summed E-state index contributed by atoms with van der Waals surface area (Å²) in [6, 6.07) is 1.46. The van der Waals surface area contributed by atoms with Crippen molar-refractivity contribution in [2.45, 2.75) is 65.0 Å². The van der Waals surface area contributed by atoms with Crippen LogP contribution in [0.1, 0.15) is 52.9 Å². The number of likely N-dealkylation sites (tertiary alicyclic amines) is 1. The standard InChI is InChI=1S/C15H30N2/c1-11-4-5-15(13(3)8-11)17-7-6-12(2)9-14(17)10-16/h11-15H,4-10,16H2,1-3H3. The molecule has 2 aliphatic rings. The molecule has 2 rings (SSSR count). The predicted octanol–water partition coefficient (Wildman–Crippen LogP) is 2.87. The van der Waals surface area contributed by atoms with E-state index >= 15 is 0 Å². The summed E-state index contributed by atoms with van der Waals surface area (Å²) >= 11 is 0. The normalized spacial score (nSPS) is 44.8. The molecular weight excluding hydrogens is 208 g/mol. The van der Waals surface area contributed by atoms with Gasteiger partial charge in [-0.25, -0.2) is 0 Å². The molecule has 1 heterocycles. The molecule has 2 nitrogen and oxygen atoms in total. The van der Waals surface area contributed by atoms with E-state index in [2.05, 4.69) is 25.7 Å². The highest BCUT2D eigenvalue weighted by atomic mass is 15.2. The minimum atomic E-state index is 0.652. The second-order valence-electron chi connectivity index (χ2n) is 6.72. The Hall–Kier alpha value is -0.0800. The van der Waals surface area contributed by atoms with Gasteiger partial charge in [0.1, 0.15) is 0 Å². The second kappa shape index (κ2) is 5.71. The first-order valence-corrected chi connectivity index (χ1v) is 7.57. The van der Waals surface area contributed by atoms with Gasteiger partial charge in [0, 0.05) is 18.6 Å². The van der Waals surface area contributed by atoms with Crippen LogP contribution in [0.2, 0.25) is 0 Å². The van der Waals surface area contributed by atoms with Gasteiger partial charge in [0.15, 0.2) is 0 Å². The predicted molar refractivity (Wildman–Crippen MR) is 73.9 cm³/mol. The van der Waals surface area contributed by atoms with Gasteiger partial charge in [-0.3, -0.25) is 4.90 Å². The quantitative estimate of drug-likeness (QED) is 0.801. The average molecular weight is 238 g/mol. The van der Waals surface area contributed by atoms with Crippen molar-refractivity contribution in [3.8, 4) is 0 Å². The van der Waals surface area contributed by atoms with Gasteiger partial charge >= 0.3 is 0 Å². The van der Waals surface area contributed by atoms with Crippen molar-refractivity contribution >= 4 is 0 Å². The summed E-state index contributed by atoms with van der Waals surface area (Å²) in [5.74, 6) is 2.67. The Morgan fingerprint density at radius 2 is 1.71 bits per heavy atom. The molecule has 1 saturated carbocycles. The molecule has 0 bridgehead atoms. The maximum Gasteiger partial charge on any atom is 0.0224 e. The molecule has 2 heteroatoms. The van der Waals surface area contributed by atoms with Gasteiger partial charge in [0.05, 0.1) is 0 Å². The number of nitrogens with two attached hydrogens (primary N) is 1. The van der Waals surface area contributed by atoms with Crippen molar-refractivity contribution in [3.63, 3.8) is 0 Å². The third kappa shape index (κ3) is 3.03. The van der Waals surface area contributed by atoms with E-state index in [-0.39, 0.29) is 0 Å². The third-order valence-electron chi connectivity index (χ3n) is 5.11. The van der Waals surface area contributed by atoms with Crippen LogP contribution in [0.5, 0.6) is 0 Å². The van der Waals surface area contributed by atoms with Gasteiger partial charge in [-0.05, 0) is 56.4 Å². The van der Waals surface area contributed by atoms with Gasteiger partial charge in [0.2, 0.25) is 0 Å². The fourth-order valence-electron chi connectivity index (χ4n) is 4.08. The average Bonchev–Trinajstić information content (AvgIpc) is 2.30. The van der Waals surface area contributed by atoms with Crippen LogP contribution >= 0.6 is 0 Å². The lowest BCUT2D eigenvalue weighted by molar-refractivity contribution is 0.0230. The van der Waals surface area contributed by atoms with Gasteiger partial charge in [-0.2, -0.15) is 0 Å². The highest BCUT2D eigenvalue weighted by Gasteiger charge is 2.35. The van der Waals surface area contributed by atoms with Crippen molar-refractivity contribution < 1.29 is 0 Å². The molecule has 0 aromatic carbocycles. The van der Waals surface area contributed by atoms with Crippen LogP contribution in [0.3, 0.4) is 0 Å². The molecule has 100 valence electrons. The number of piperidine rings is 1. The van der Waals surface area contributed by atoms with E-state index in [0.29, 0.717) is 6.04 Å². The Balaban J connectivity index is 2.00. The first kappa shape index (κ1) is 13.4. The van der Waals surface area contributed by atoms with Crippen LogP contribution in [-0.2, 0) is 0 Å². The Morgan fingerprint density at radius 1 is 1.00 bits per heavy atom. The van der Waals surface area contributed by atoms with E-state index in [1.165, 1.54) is 38.6 Å². The number of hydrogen-bond acceptors (Lipinski definition) is 2. The summed E-state index contributed by atoms with van der Waals surface area (Å²) in [4.78, 5) is 2.76. The van der Waals surface area contributed by atoms with Crippen molar-refractivity contribution in [2.24, 2.45) is 23.5 Å². The van der Waals surface area contributed by atoms with E-state index in [4.69, 9.17) is 5.73 Å². The molecule has 1 aliphatic heterocycles. The van der Waals surface area contributed by atoms with E-state index in [1.807, 2.05) is 0 Å². The lowest BCUT2D eigenvalue weighted by Gasteiger charge is -2.47. The Labute approximate surface area is 107 Å². The molecule has 2 N–H and O–H groups in total. The van der Waals surface area contributed by atoms with Crippen LogP contribution in [0.15, 0.2) is 0 Å². The van der Waals surface area contributed by atoms with Crippen molar-refractivity contribution in [1.82, 2.24) is 4.90 Å². The van der Waals surface area contributed by atoms with Gasteiger partial charge < -0.3 is 5.73 Å². The van der Waals surface area contributed by atoms with Crippen molar-refractivity contribution in [1.29, 1.82) is 0 Å². The van der Waals surface area contributed by atoms with Crippen molar-refractivity contribution in [3.05, 3.63) is 0 Å². The molecule has 5 unspecified atom stereocenters. The number of hydrogen-bond donors (Lipinski definition) is 1. The zero-order valence-corrected chi connectivity index (χ0v) is 11.9. The van der Waals surface area contributed by atoms with Crippen LogP contribution in [0.4, 0.5) is 0 Å². The fourth-order valence-corrected chi connectivity index (χ4v) is 4.08. The lowest BCUT2D eigenvalue weighted by atomic mass is 9.77. The largest absolute Gasteiger partial charge is 0.329 e. The minimum Gasteiger partial charge on any atom is -0.329 e. The minimum absolute atomic E-state index is 0.652. The summed E-state index contributed by atoms with van der Waals surface area (Å²) in [5, 5.41) is 0. The monoisotopic (exact) mass is 238 g/mol. The number of rotatable bonds is 2. The van der Waals surface area contributed by atoms with Crippen molar-refractivity contribution in [2.75, 3.05) is 13.1 Å². The zero-order valence-electron chi connectivity index (χ0n) is 11.9. The van der Waals surface area contributed by atoms with Crippen LogP contribution in [0.25, 0.3) is 0 Å². The summed E-state index contributed by atoms with van der Waals surface area (Å²) in [5.41, 5.74) is 5.99. The van der Waals surface area contributed by atoms with Crippen LogP contribution in [0, 0.1) is 17.8 Å². The fraction of sp³-hybridized carbons (Fsp3) is 1.00.